The number of para-hydroxylation sites is 1. The molecule has 1 amide bonds. The molecule has 19 heavy (non-hydrogen) atoms. The van der Waals surface area contributed by atoms with E-state index in [2.05, 4.69) is 5.32 Å². The van der Waals surface area contributed by atoms with Gasteiger partial charge in [0.15, 0.2) is 0 Å². The van der Waals surface area contributed by atoms with Crippen molar-refractivity contribution < 1.29 is 4.79 Å². The van der Waals surface area contributed by atoms with Crippen molar-refractivity contribution in [2.45, 2.75) is 6.92 Å². The molecule has 4 nitrogen and oxygen atoms in total. The zero-order valence-electron chi connectivity index (χ0n) is 10.4. The van der Waals surface area contributed by atoms with Crippen LogP contribution in [0.15, 0.2) is 36.4 Å². The Morgan fingerprint density at radius 3 is 2.63 bits per heavy atom. The standard InChI is InChI=1S/C14H14ClN3O/c1-8-5-6-9(7-11(8)15)18-12-4-2-3-10(13(12)16)14(17)19/h2-7,18H,16H2,1H3,(H2,17,19). The number of nitrogen functional groups attached to an aromatic ring is 1. The van der Waals surface area contributed by atoms with Gasteiger partial charge in [0.25, 0.3) is 5.91 Å². The second kappa shape index (κ2) is 5.20. The van der Waals surface area contributed by atoms with E-state index in [1.165, 1.54) is 0 Å². The Bertz CT molecular complexity index is 641. The molecule has 0 atom stereocenters. The highest BCUT2D eigenvalue weighted by atomic mass is 35.5. The Morgan fingerprint density at radius 2 is 2.00 bits per heavy atom. The molecule has 0 aliphatic rings. The summed E-state index contributed by atoms with van der Waals surface area (Å²) in [5.74, 6) is -0.553. The molecule has 0 aliphatic heterocycles. The van der Waals surface area contributed by atoms with Crippen molar-refractivity contribution in [2.75, 3.05) is 11.1 Å². The monoisotopic (exact) mass is 275 g/mol. The Hall–Kier alpha value is -2.20. The minimum absolute atomic E-state index is 0.295. The van der Waals surface area contributed by atoms with Crippen molar-refractivity contribution in [3.8, 4) is 0 Å². The number of anilines is 3. The number of nitrogens with two attached hydrogens (primary N) is 2. The molecule has 0 heterocycles. The Balaban J connectivity index is 2.35. The molecule has 0 saturated heterocycles. The number of hydrogen-bond acceptors (Lipinski definition) is 3. The maximum atomic E-state index is 11.2. The van der Waals surface area contributed by atoms with Gasteiger partial charge in [-0.3, -0.25) is 4.79 Å². The summed E-state index contributed by atoms with van der Waals surface area (Å²) >= 11 is 6.06. The molecule has 0 aromatic heterocycles. The molecule has 0 fully saturated rings. The normalized spacial score (nSPS) is 10.2. The second-order valence-electron chi connectivity index (χ2n) is 4.22. The predicted molar refractivity (Wildman–Crippen MR) is 78.8 cm³/mol. The van der Waals surface area contributed by atoms with Crippen LogP contribution in [0.4, 0.5) is 17.1 Å². The first-order valence-corrected chi connectivity index (χ1v) is 6.08. The smallest absolute Gasteiger partial charge is 0.250 e. The first kappa shape index (κ1) is 13.2. The fraction of sp³-hybridized carbons (Fsp3) is 0.0714. The van der Waals surface area contributed by atoms with E-state index in [9.17, 15) is 4.79 Å². The van der Waals surface area contributed by atoms with Gasteiger partial charge in [0.2, 0.25) is 0 Å². The van der Waals surface area contributed by atoms with Gasteiger partial charge in [-0.1, -0.05) is 23.7 Å². The molecule has 0 saturated carbocycles. The number of carbonyl (C=O) groups excluding carboxylic acids is 1. The van der Waals surface area contributed by atoms with Crippen LogP contribution in [0.25, 0.3) is 0 Å². The molecular weight excluding hydrogens is 262 g/mol. The summed E-state index contributed by atoms with van der Waals surface area (Å²) in [6.07, 6.45) is 0. The van der Waals surface area contributed by atoms with Gasteiger partial charge >= 0.3 is 0 Å². The van der Waals surface area contributed by atoms with Crippen LogP contribution in [-0.4, -0.2) is 5.91 Å². The van der Waals surface area contributed by atoms with Crippen molar-refractivity contribution >= 4 is 34.6 Å². The summed E-state index contributed by atoms with van der Waals surface area (Å²) in [5, 5.41) is 3.78. The lowest BCUT2D eigenvalue weighted by atomic mass is 10.1. The highest BCUT2D eigenvalue weighted by Gasteiger charge is 2.09. The fourth-order valence-corrected chi connectivity index (χ4v) is 1.90. The van der Waals surface area contributed by atoms with E-state index in [0.717, 1.165) is 11.3 Å². The molecule has 5 N–H and O–H groups in total. The predicted octanol–water partition coefficient (Wildman–Crippen LogP) is 3.07. The average Bonchev–Trinajstić information content (AvgIpc) is 2.36. The van der Waals surface area contributed by atoms with E-state index >= 15 is 0 Å². The largest absolute Gasteiger partial charge is 0.396 e. The van der Waals surface area contributed by atoms with Crippen LogP contribution >= 0.6 is 11.6 Å². The number of aryl methyl sites for hydroxylation is 1. The molecule has 2 aromatic carbocycles. The van der Waals surface area contributed by atoms with Gasteiger partial charge in [0.1, 0.15) is 0 Å². The van der Waals surface area contributed by atoms with Crippen molar-refractivity contribution in [2.24, 2.45) is 5.73 Å². The van der Waals surface area contributed by atoms with Crippen molar-refractivity contribution in [3.05, 3.63) is 52.5 Å². The second-order valence-corrected chi connectivity index (χ2v) is 4.63. The number of carbonyl (C=O) groups is 1. The summed E-state index contributed by atoms with van der Waals surface area (Å²) in [4.78, 5) is 11.2. The Kier molecular flexibility index (Phi) is 3.62. The van der Waals surface area contributed by atoms with Gasteiger partial charge in [-0.15, -0.1) is 0 Å². The van der Waals surface area contributed by atoms with Crippen LogP contribution in [-0.2, 0) is 0 Å². The molecule has 98 valence electrons. The third kappa shape index (κ3) is 2.80. The van der Waals surface area contributed by atoms with Crippen LogP contribution in [0.1, 0.15) is 15.9 Å². The summed E-state index contributed by atoms with van der Waals surface area (Å²) in [5.41, 5.74) is 14.2. The maximum Gasteiger partial charge on any atom is 0.250 e. The number of halogens is 1. The van der Waals surface area contributed by atoms with Crippen molar-refractivity contribution in [1.29, 1.82) is 0 Å². The topological polar surface area (TPSA) is 81.1 Å². The van der Waals surface area contributed by atoms with Crippen molar-refractivity contribution in [1.82, 2.24) is 0 Å². The molecule has 0 unspecified atom stereocenters. The van der Waals surface area contributed by atoms with Gasteiger partial charge in [-0.05, 0) is 36.8 Å². The van der Waals surface area contributed by atoms with E-state index in [1.807, 2.05) is 19.1 Å². The highest BCUT2D eigenvalue weighted by Crippen LogP contribution is 2.28. The van der Waals surface area contributed by atoms with E-state index in [1.54, 1.807) is 24.3 Å². The molecule has 0 aliphatic carbocycles. The Morgan fingerprint density at radius 1 is 1.26 bits per heavy atom. The van der Waals surface area contributed by atoms with Gasteiger partial charge < -0.3 is 16.8 Å². The average molecular weight is 276 g/mol. The number of benzene rings is 2. The van der Waals surface area contributed by atoms with E-state index < -0.39 is 5.91 Å². The minimum atomic E-state index is -0.553. The third-order valence-electron chi connectivity index (χ3n) is 2.82. The fourth-order valence-electron chi connectivity index (χ4n) is 1.72. The Labute approximate surface area is 116 Å². The first-order chi connectivity index (χ1) is 8.99. The first-order valence-electron chi connectivity index (χ1n) is 5.70. The maximum absolute atomic E-state index is 11.2. The molecule has 0 bridgehead atoms. The molecular formula is C14H14ClN3O. The van der Waals surface area contributed by atoms with Crippen molar-refractivity contribution in [3.63, 3.8) is 0 Å². The number of amides is 1. The lowest BCUT2D eigenvalue weighted by Crippen LogP contribution is -2.14. The summed E-state index contributed by atoms with van der Waals surface area (Å²) in [7, 11) is 0. The SMILES string of the molecule is Cc1ccc(Nc2cccc(C(N)=O)c2N)cc1Cl. The third-order valence-corrected chi connectivity index (χ3v) is 3.23. The van der Waals surface area contributed by atoms with E-state index in [4.69, 9.17) is 23.1 Å². The highest BCUT2D eigenvalue weighted by molar-refractivity contribution is 6.31. The molecule has 0 radical (unpaired) electrons. The minimum Gasteiger partial charge on any atom is -0.396 e. The number of hydrogen-bond donors (Lipinski definition) is 3. The lowest BCUT2D eigenvalue weighted by molar-refractivity contribution is 0.100. The van der Waals surface area contributed by atoms with E-state index in [-0.39, 0.29) is 0 Å². The zero-order chi connectivity index (χ0) is 14.0. The van der Waals surface area contributed by atoms with Crippen LogP contribution < -0.4 is 16.8 Å². The van der Waals surface area contributed by atoms with Crippen LogP contribution in [0.2, 0.25) is 5.02 Å². The quantitative estimate of drug-likeness (QED) is 0.753. The van der Waals surface area contributed by atoms with Gasteiger partial charge in [0.05, 0.1) is 16.9 Å². The molecule has 2 rings (SSSR count). The van der Waals surface area contributed by atoms with Crippen LogP contribution in [0.5, 0.6) is 0 Å². The van der Waals surface area contributed by atoms with Gasteiger partial charge in [-0.25, -0.2) is 0 Å². The summed E-state index contributed by atoms with van der Waals surface area (Å²) in [6, 6.07) is 10.7. The van der Waals surface area contributed by atoms with Crippen LogP contribution in [0.3, 0.4) is 0 Å². The molecule has 5 heteroatoms. The zero-order valence-corrected chi connectivity index (χ0v) is 11.2. The molecule has 2 aromatic rings. The number of nitrogens with one attached hydrogen (secondary N) is 1. The summed E-state index contributed by atoms with van der Waals surface area (Å²) in [6.45, 7) is 1.92. The number of primary amides is 1. The summed E-state index contributed by atoms with van der Waals surface area (Å²) < 4.78 is 0. The molecule has 0 spiro atoms. The van der Waals surface area contributed by atoms with E-state index in [0.29, 0.717) is 22.0 Å². The van der Waals surface area contributed by atoms with Gasteiger partial charge in [0, 0.05) is 10.7 Å². The lowest BCUT2D eigenvalue weighted by Gasteiger charge is -2.12. The number of rotatable bonds is 3. The van der Waals surface area contributed by atoms with Crippen LogP contribution in [0, 0.1) is 6.92 Å². The van der Waals surface area contributed by atoms with Gasteiger partial charge in [-0.2, -0.15) is 0 Å².